The summed E-state index contributed by atoms with van der Waals surface area (Å²) in [6.45, 7) is 1.02. The van der Waals surface area contributed by atoms with Gasteiger partial charge in [0.25, 0.3) is 27.3 Å². The van der Waals surface area contributed by atoms with E-state index in [1.165, 1.54) is 12.1 Å². The van der Waals surface area contributed by atoms with E-state index in [1.54, 1.807) is 4.72 Å². The van der Waals surface area contributed by atoms with Crippen LogP contribution in [-0.2, 0) is 14.8 Å². The zero-order chi connectivity index (χ0) is 21.9. The molecule has 0 heterocycles. The lowest BCUT2D eigenvalue weighted by Crippen LogP contribution is -2.28. The normalized spacial score (nSPS) is 10.8. The molecule has 0 aromatic heterocycles. The van der Waals surface area contributed by atoms with Crippen molar-refractivity contribution in [3.05, 3.63) is 67.2 Å². The number of nitro groups is 2. The number of non-ortho nitro benzene ring substituents is 1. The zero-order valence-corrected chi connectivity index (χ0v) is 16.0. The Morgan fingerprint density at radius 3 is 2.10 bits per heavy atom. The van der Waals surface area contributed by atoms with E-state index in [-0.39, 0.29) is 10.6 Å². The van der Waals surface area contributed by atoms with Gasteiger partial charge < -0.3 is 5.32 Å². The number of sulfonamides is 1. The number of benzene rings is 2. The number of nitrogens with zero attached hydrogens (tertiary/aromatic N) is 2. The van der Waals surface area contributed by atoms with Crippen molar-refractivity contribution in [1.29, 1.82) is 0 Å². The summed E-state index contributed by atoms with van der Waals surface area (Å²) in [6.07, 6.45) is 0. The maximum absolute atomic E-state index is 12.4. The monoisotopic (exact) mass is 442 g/mol. The fourth-order valence-electron chi connectivity index (χ4n) is 2.16. The lowest BCUT2D eigenvalue weighted by molar-refractivity contribution is -0.394. The maximum atomic E-state index is 12.4. The van der Waals surface area contributed by atoms with Gasteiger partial charge in [0.1, 0.15) is 5.02 Å². The third kappa shape index (κ3) is 5.03. The molecule has 2 N–H and O–H groups in total. The molecule has 14 heteroatoms. The standard InChI is InChI=1S/C15H11ClN4O8S/c1-8(21)18-29(27,28)11-4-2-9(3-5-11)17-15(22)12-6-10(19(23)24)7-13(14(12)16)20(25)26/h2-7H,1H3,(H,17,22)(H,18,21). The van der Waals surface area contributed by atoms with E-state index >= 15 is 0 Å². The van der Waals surface area contributed by atoms with Crippen molar-refractivity contribution in [3.63, 3.8) is 0 Å². The van der Waals surface area contributed by atoms with E-state index in [1.807, 2.05) is 0 Å². The largest absolute Gasteiger partial charge is 0.322 e. The molecule has 0 atom stereocenters. The number of anilines is 1. The van der Waals surface area contributed by atoms with Crippen LogP contribution in [0.4, 0.5) is 17.1 Å². The van der Waals surface area contributed by atoms with Gasteiger partial charge in [-0.15, -0.1) is 0 Å². The Morgan fingerprint density at radius 2 is 1.62 bits per heavy atom. The predicted molar refractivity (Wildman–Crippen MR) is 100 cm³/mol. The summed E-state index contributed by atoms with van der Waals surface area (Å²) >= 11 is 5.83. The Hall–Kier alpha value is -3.58. The van der Waals surface area contributed by atoms with Gasteiger partial charge in [-0.05, 0) is 24.3 Å². The third-order valence-electron chi connectivity index (χ3n) is 3.39. The van der Waals surface area contributed by atoms with E-state index in [0.29, 0.717) is 6.07 Å². The first-order valence-corrected chi connectivity index (χ1v) is 9.35. The second-order valence-electron chi connectivity index (χ2n) is 5.48. The van der Waals surface area contributed by atoms with Gasteiger partial charge in [0.15, 0.2) is 0 Å². The third-order valence-corrected chi connectivity index (χ3v) is 5.24. The molecule has 0 aliphatic heterocycles. The van der Waals surface area contributed by atoms with Gasteiger partial charge in [0, 0.05) is 18.7 Å². The van der Waals surface area contributed by atoms with Gasteiger partial charge in [-0.3, -0.25) is 29.8 Å². The molecule has 29 heavy (non-hydrogen) atoms. The number of nitro benzene ring substituents is 2. The summed E-state index contributed by atoms with van der Waals surface area (Å²) < 4.78 is 25.5. The molecule has 2 aromatic carbocycles. The van der Waals surface area contributed by atoms with Crippen LogP contribution in [0.15, 0.2) is 41.3 Å². The summed E-state index contributed by atoms with van der Waals surface area (Å²) in [5.41, 5.74) is -1.96. The Morgan fingerprint density at radius 1 is 1.03 bits per heavy atom. The van der Waals surface area contributed by atoms with Crippen molar-refractivity contribution in [3.8, 4) is 0 Å². The second-order valence-corrected chi connectivity index (χ2v) is 7.54. The van der Waals surface area contributed by atoms with E-state index in [0.717, 1.165) is 25.1 Å². The lowest BCUT2D eigenvalue weighted by atomic mass is 10.1. The minimum Gasteiger partial charge on any atom is -0.322 e. The van der Waals surface area contributed by atoms with Gasteiger partial charge in [-0.2, -0.15) is 0 Å². The van der Waals surface area contributed by atoms with Crippen LogP contribution >= 0.6 is 11.6 Å². The molecular formula is C15H11ClN4O8S. The molecule has 2 aromatic rings. The Labute approximate surface area is 167 Å². The lowest BCUT2D eigenvalue weighted by Gasteiger charge is -2.09. The molecule has 0 aliphatic carbocycles. The average molecular weight is 443 g/mol. The zero-order valence-electron chi connectivity index (χ0n) is 14.4. The quantitative estimate of drug-likeness (QED) is 0.504. The number of halogens is 1. The Kier molecular flexibility index (Phi) is 6.14. The van der Waals surface area contributed by atoms with Gasteiger partial charge >= 0.3 is 0 Å². The molecule has 12 nitrogen and oxygen atoms in total. The van der Waals surface area contributed by atoms with Gasteiger partial charge in [0.2, 0.25) is 5.91 Å². The SMILES string of the molecule is CC(=O)NS(=O)(=O)c1ccc(NC(=O)c2cc([N+](=O)[O-])cc([N+](=O)[O-])c2Cl)cc1. The summed E-state index contributed by atoms with van der Waals surface area (Å²) in [7, 11) is -4.08. The van der Waals surface area contributed by atoms with Crippen molar-refractivity contribution in [2.45, 2.75) is 11.8 Å². The van der Waals surface area contributed by atoms with Gasteiger partial charge in [0.05, 0.1) is 26.4 Å². The van der Waals surface area contributed by atoms with E-state index < -0.39 is 53.6 Å². The molecule has 0 radical (unpaired) electrons. The van der Waals surface area contributed by atoms with E-state index in [9.17, 15) is 38.2 Å². The van der Waals surface area contributed by atoms with Crippen LogP contribution in [-0.4, -0.2) is 30.1 Å². The molecule has 0 aliphatic rings. The molecule has 0 saturated heterocycles. The Balaban J connectivity index is 2.34. The highest BCUT2D eigenvalue weighted by Crippen LogP contribution is 2.33. The van der Waals surface area contributed by atoms with Crippen LogP contribution < -0.4 is 10.0 Å². The van der Waals surface area contributed by atoms with Crippen LogP contribution in [0.3, 0.4) is 0 Å². The van der Waals surface area contributed by atoms with Crippen molar-refractivity contribution < 1.29 is 27.9 Å². The van der Waals surface area contributed by atoms with Crippen LogP contribution in [0.1, 0.15) is 17.3 Å². The number of hydrogen-bond acceptors (Lipinski definition) is 8. The molecule has 0 fully saturated rings. The van der Waals surface area contributed by atoms with Crippen LogP contribution in [0.2, 0.25) is 5.02 Å². The first-order valence-electron chi connectivity index (χ1n) is 7.49. The van der Waals surface area contributed by atoms with Crippen molar-refractivity contribution in [2.75, 3.05) is 5.32 Å². The molecular weight excluding hydrogens is 432 g/mol. The summed E-state index contributed by atoms with van der Waals surface area (Å²) in [5.74, 6) is -1.77. The highest BCUT2D eigenvalue weighted by Gasteiger charge is 2.26. The number of carbonyl (C=O) groups excluding carboxylic acids is 2. The molecule has 2 amide bonds. The highest BCUT2D eigenvalue weighted by molar-refractivity contribution is 7.90. The van der Waals surface area contributed by atoms with Crippen molar-refractivity contribution in [2.24, 2.45) is 0 Å². The fraction of sp³-hybridized carbons (Fsp3) is 0.0667. The molecule has 0 saturated carbocycles. The maximum Gasteiger partial charge on any atom is 0.295 e. The number of nitrogens with one attached hydrogen (secondary N) is 2. The van der Waals surface area contributed by atoms with E-state index in [2.05, 4.69) is 5.32 Å². The molecule has 0 spiro atoms. The molecule has 152 valence electrons. The van der Waals surface area contributed by atoms with Crippen LogP contribution in [0.25, 0.3) is 0 Å². The van der Waals surface area contributed by atoms with Gasteiger partial charge in [-0.1, -0.05) is 11.6 Å². The van der Waals surface area contributed by atoms with Crippen LogP contribution in [0, 0.1) is 20.2 Å². The summed E-state index contributed by atoms with van der Waals surface area (Å²) in [5, 5.41) is 23.7. The first kappa shape index (κ1) is 21.7. The van der Waals surface area contributed by atoms with Crippen LogP contribution in [0.5, 0.6) is 0 Å². The Bertz CT molecular complexity index is 1130. The second kappa shape index (κ2) is 8.20. The smallest absolute Gasteiger partial charge is 0.295 e. The topological polar surface area (TPSA) is 179 Å². The summed E-state index contributed by atoms with van der Waals surface area (Å²) in [6, 6.07) is 5.97. The van der Waals surface area contributed by atoms with E-state index in [4.69, 9.17) is 11.6 Å². The number of rotatable bonds is 6. The first-order chi connectivity index (χ1) is 13.4. The van der Waals surface area contributed by atoms with Gasteiger partial charge in [-0.25, -0.2) is 13.1 Å². The minimum absolute atomic E-state index is 0.0713. The summed E-state index contributed by atoms with van der Waals surface area (Å²) in [4.78, 5) is 43.2. The number of amides is 2. The number of hydrogen-bond donors (Lipinski definition) is 2. The minimum atomic E-state index is -4.08. The average Bonchev–Trinajstić information content (AvgIpc) is 2.60. The fourth-order valence-corrected chi connectivity index (χ4v) is 3.42. The number of carbonyl (C=O) groups is 2. The molecule has 0 unspecified atom stereocenters. The predicted octanol–water partition coefficient (Wildman–Crippen LogP) is 2.23. The highest BCUT2D eigenvalue weighted by atomic mass is 35.5. The molecule has 2 rings (SSSR count). The molecule has 0 bridgehead atoms. The van der Waals surface area contributed by atoms with Crippen molar-refractivity contribution in [1.82, 2.24) is 4.72 Å². The van der Waals surface area contributed by atoms with Crippen molar-refractivity contribution >= 4 is 50.5 Å².